The maximum atomic E-state index is 5.81. The van der Waals surface area contributed by atoms with E-state index in [4.69, 9.17) is 5.73 Å². The van der Waals surface area contributed by atoms with Crippen molar-refractivity contribution >= 4 is 11.5 Å². The van der Waals surface area contributed by atoms with E-state index in [1.54, 1.807) is 0 Å². The SMILES string of the molecule is Cc1nc(NC2CCCc3ccccc32)ccc1N. The summed E-state index contributed by atoms with van der Waals surface area (Å²) in [4.78, 5) is 4.50. The molecule has 0 radical (unpaired) electrons. The number of nitrogens with zero attached hydrogens (tertiary/aromatic N) is 1. The summed E-state index contributed by atoms with van der Waals surface area (Å²) in [6, 6.07) is 12.9. The first kappa shape index (κ1) is 12.0. The Balaban J connectivity index is 1.86. The highest BCUT2D eigenvalue weighted by Gasteiger charge is 2.19. The van der Waals surface area contributed by atoms with E-state index in [-0.39, 0.29) is 0 Å². The van der Waals surface area contributed by atoms with Crippen LogP contribution in [0.25, 0.3) is 0 Å². The van der Waals surface area contributed by atoms with E-state index in [2.05, 4.69) is 34.6 Å². The van der Waals surface area contributed by atoms with E-state index in [9.17, 15) is 0 Å². The number of hydrogen-bond donors (Lipinski definition) is 2. The fraction of sp³-hybridized carbons (Fsp3) is 0.312. The Hall–Kier alpha value is -2.03. The van der Waals surface area contributed by atoms with E-state index in [0.717, 1.165) is 23.6 Å². The molecule has 1 heterocycles. The lowest BCUT2D eigenvalue weighted by molar-refractivity contribution is 0.598. The number of pyridine rings is 1. The van der Waals surface area contributed by atoms with Gasteiger partial charge in [-0.3, -0.25) is 0 Å². The number of rotatable bonds is 2. The molecule has 1 aromatic heterocycles. The quantitative estimate of drug-likeness (QED) is 0.861. The number of hydrogen-bond acceptors (Lipinski definition) is 3. The van der Waals surface area contributed by atoms with Crippen LogP contribution in [0.5, 0.6) is 0 Å². The first-order valence-electron chi connectivity index (χ1n) is 6.81. The molecule has 0 spiro atoms. The van der Waals surface area contributed by atoms with Crippen molar-refractivity contribution in [1.29, 1.82) is 0 Å². The molecule has 1 atom stereocenters. The van der Waals surface area contributed by atoms with Crippen LogP contribution in [0, 0.1) is 6.92 Å². The third-order valence-electron chi connectivity index (χ3n) is 3.82. The van der Waals surface area contributed by atoms with E-state index in [0.29, 0.717) is 6.04 Å². The van der Waals surface area contributed by atoms with Crippen molar-refractivity contribution in [2.24, 2.45) is 0 Å². The zero-order chi connectivity index (χ0) is 13.2. The summed E-state index contributed by atoms with van der Waals surface area (Å²) in [5, 5.41) is 3.54. The third kappa shape index (κ3) is 2.41. The first-order chi connectivity index (χ1) is 9.24. The molecule has 0 amide bonds. The molecule has 3 N–H and O–H groups in total. The molecule has 98 valence electrons. The lowest BCUT2D eigenvalue weighted by Crippen LogP contribution is -2.18. The molecule has 1 aliphatic carbocycles. The molecule has 0 saturated carbocycles. The summed E-state index contributed by atoms with van der Waals surface area (Å²) in [5.41, 5.74) is 10.3. The van der Waals surface area contributed by atoms with Gasteiger partial charge in [0, 0.05) is 0 Å². The second-order valence-corrected chi connectivity index (χ2v) is 5.16. The second-order valence-electron chi connectivity index (χ2n) is 5.16. The number of nitrogen functional groups attached to an aromatic ring is 1. The Bertz CT molecular complexity index is 592. The van der Waals surface area contributed by atoms with Gasteiger partial charge in [0.15, 0.2) is 0 Å². The van der Waals surface area contributed by atoms with Crippen LogP contribution < -0.4 is 11.1 Å². The largest absolute Gasteiger partial charge is 0.397 e. The molecule has 0 aliphatic heterocycles. The molecule has 0 bridgehead atoms. The van der Waals surface area contributed by atoms with Gasteiger partial charge in [-0.05, 0) is 49.4 Å². The summed E-state index contributed by atoms with van der Waals surface area (Å²) in [6.45, 7) is 1.94. The standard InChI is InChI=1S/C16H19N3/c1-11-14(17)9-10-16(18-11)19-15-8-4-6-12-5-2-3-7-13(12)15/h2-3,5,7,9-10,15H,4,6,8,17H2,1H3,(H,18,19). The van der Waals surface area contributed by atoms with Crippen LogP contribution in [-0.2, 0) is 6.42 Å². The van der Waals surface area contributed by atoms with Crippen LogP contribution in [0.4, 0.5) is 11.5 Å². The molecule has 2 aromatic rings. The Labute approximate surface area is 113 Å². The summed E-state index contributed by atoms with van der Waals surface area (Å²) < 4.78 is 0. The highest BCUT2D eigenvalue weighted by molar-refractivity contribution is 5.50. The summed E-state index contributed by atoms with van der Waals surface area (Å²) in [7, 11) is 0. The number of aryl methyl sites for hydroxylation is 2. The van der Waals surface area contributed by atoms with Crippen molar-refractivity contribution < 1.29 is 0 Å². The molecule has 1 unspecified atom stereocenters. The molecule has 3 rings (SSSR count). The molecule has 3 nitrogen and oxygen atoms in total. The normalized spacial score (nSPS) is 17.8. The Morgan fingerprint density at radius 3 is 2.89 bits per heavy atom. The lowest BCUT2D eigenvalue weighted by atomic mass is 9.88. The predicted octanol–water partition coefficient (Wildman–Crippen LogP) is 3.46. The third-order valence-corrected chi connectivity index (χ3v) is 3.82. The average molecular weight is 253 g/mol. The molecule has 3 heteroatoms. The fourth-order valence-corrected chi connectivity index (χ4v) is 2.73. The van der Waals surface area contributed by atoms with Gasteiger partial charge < -0.3 is 11.1 Å². The highest BCUT2D eigenvalue weighted by atomic mass is 15.0. The van der Waals surface area contributed by atoms with Crippen molar-refractivity contribution in [3.8, 4) is 0 Å². The van der Waals surface area contributed by atoms with Gasteiger partial charge in [-0.2, -0.15) is 0 Å². The van der Waals surface area contributed by atoms with Crippen LogP contribution in [0.1, 0.15) is 35.7 Å². The zero-order valence-corrected chi connectivity index (χ0v) is 11.2. The van der Waals surface area contributed by atoms with Gasteiger partial charge >= 0.3 is 0 Å². The molecular weight excluding hydrogens is 234 g/mol. The monoisotopic (exact) mass is 253 g/mol. The van der Waals surface area contributed by atoms with Crippen molar-refractivity contribution in [2.45, 2.75) is 32.2 Å². The van der Waals surface area contributed by atoms with Crippen LogP contribution in [0.2, 0.25) is 0 Å². The minimum atomic E-state index is 0.362. The van der Waals surface area contributed by atoms with Crippen LogP contribution in [-0.4, -0.2) is 4.98 Å². The van der Waals surface area contributed by atoms with E-state index < -0.39 is 0 Å². The Kier molecular flexibility index (Phi) is 3.11. The summed E-state index contributed by atoms with van der Waals surface area (Å²) >= 11 is 0. The molecule has 0 saturated heterocycles. The molecule has 19 heavy (non-hydrogen) atoms. The van der Waals surface area contributed by atoms with Gasteiger partial charge in [0.25, 0.3) is 0 Å². The number of fused-ring (bicyclic) bond motifs is 1. The van der Waals surface area contributed by atoms with Crippen molar-refractivity contribution in [3.05, 3.63) is 53.2 Å². The van der Waals surface area contributed by atoms with Gasteiger partial charge in [0.05, 0.1) is 17.4 Å². The Morgan fingerprint density at radius 2 is 2.05 bits per heavy atom. The molecule has 1 aliphatic rings. The van der Waals surface area contributed by atoms with Gasteiger partial charge in [0.1, 0.15) is 5.82 Å². The maximum absolute atomic E-state index is 5.81. The number of nitrogens with one attached hydrogen (secondary N) is 1. The smallest absolute Gasteiger partial charge is 0.126 e. The maximum Gasteiger partial charge on any atom is 0.126 e. The number of anilines is 2. The summed E-state index contributed by atoms with van der Waals surface area (Å²) in [6.07, 6.45) is 3.56. The van der Waals surface area contributed by atoms with Gasteiger partial charge in [-0.25, -0.2) is 4.98 Å². The first-order valence-corrected chi connectivity index (χ1v) is 6.81. The van der Waals surface area contributed by atoms with Gasteiger partial charge in [-0.15, -0.1) is 0 Å². The fourth-order valence-electron chi connectivity index (χ4n) is 2.73. The topological polar surface area (TPSA) is 50.9 Å². The predicted molar refractivity (Wildman–Crippen MR) is 79.1 cm³/mol. The van der Waals surface area contributed by atoms with Crippen molar-refractivity contribution in [2.75, 3.05) is 11.1 Å². The minimum Gasteiger partial charge on any atom is -0.397 e. The molecule has 0 fully saturated rings. The molecule has 1 aromatic carbocycles. The number of nitrogens with two attached hydrogens (primary N) is 1. The van der Waals surface area contributed by atoms with Gasteiger partial charge in [0.2, 0.25) is 0 Å². The number of benzene rings is 1. The lowest BCUT2D eigenvalue weighted by Gasteiger charge is -2.27. The average Bonchev–Trinajstić information content (AvgIpc) is 2.43. The minimum absolute atomic E-state index is 0.362. The zero-order valence-electron chi connectivity index (χ0n) is 11.2. The highest BCUT2D eigenvalue weighted by Crippen LogP contribution is 2.32. The summed E-state index contributed by atoms with van der Waals surface area (Å²) in [5.74, 6) is 0.911. The van der Waals surface area contributed by atoms with E-state index in [1.807, 2.05) is 19.1 Å². The molecular formula is C16H19N3. The van der Waals surface area contributed by atoms with Crippen LogP contribution >= 0.6 is 0 Å². The van der Waals surface area contributed by atoms with Gasteiger partial charge in [-0.1, -0.05) is 24.3 Å². The van der Waals surface area contributed by atoms with Crippen LogP contribution in [0.15, 0.2) is 36.4 Å². The van der Waals surface area contributed by atoms with Crippen molar-refractivity contribution in [3.63, 3.8) is 0 Å². The van der Waals surface area contributed by atoms with E-state index in [1.165, 1.54) is 24.0 Å². The van der Waals surface area contributed by atoms with Crippen LogP contribution in [0.3, 0.4) is 0 Å². The van der Waals surface area contributed by atoms with Crippen molar-refractivity contribution in [1.82, 2.24) is 4.98 Å². The van der Waals surface area contributed by atoms with E-state index >= 15 is 0 Å². The number of aromatic nitrogens is 1. The second kappa shape index (κ2) is 4.92. The Morgan fingerprint density at radius 1 is 1.21 bits per heavy atom.